The second kappa shape index (κ2) is 37.5. The fraction of sp³-hybridized carbons (Fsp3) is 0.347. The molecular weight excluding hydrogens is 1340 g/mol. The summed E-state index contributed by atoms with van der Waals surface area (Å²) in [4.78, 5) is 0. The Bertz CT molecular complexity index is 4270. The quantitative estimate of drug-likeness (QED) is 0.0442. The van der Waals surface area contributed by atoms with Crippen molar-refractivity contribution in [1.29, 1.82) is 0 Å². The lowest BCUT2D eigenvalue weighted by molar-refractivity contribution is 0.293. The molecule has 0 saturated heterocycles. The van der Waals surface area contributed by atoms with Crippen LogP contribution in [0.2, 0.25) is 0 Å². The predicted molar refractivity (Wildman–Crippen MR) is 440 cm³/mol. The second-order valence-corrected chi connectivity index (χ2v) is 29.0. The molecule has 0 unspecified atom stereocenters. The average Bonchev–Trinajstić information content (AvgIpc) is 0.776. The number of ether oxygens (including phenoxy) is 10. The van der Waals surface area contributed by atoms with E-state index in [-0.39, 0.29) is 13.2 Å². The lowest BCUT2D eigenvalue weighted by Gasteiger charge is -2.25. The van der Waals surface area contributed by atoms with Crippen LogP contribution < -0.4 is 47.4 Å². The highest BCUT2D eigenvalue weighted by Crippen LogP contribution is 2.46. The summed E-state index contributed by atoms with van der Waals surface area (Å²) in [5.41, 5.74) is 23.0. The third-order valence-corrected chi connectivity index (χ3v) is 19.9. The largest absolute Gasteiger partial charge is 0.493 e. The van der Waals surface area contributed by atoms with Crippen LogP contribution >= 0.6 is 0 Å². The minimum Gasteiger partial charge on any atom is -0.493 e. The maximum atomic E-state index is 7.51. The summed E-state index contributed by atoms with van der Waals surface area (Å²) >= 11 is 0. The van der Waals surface area contributed by atoms with E-state index in [0.717, 1.165) is 231 Å². The standard InChI is InChI=1S/C98H108O10/c1-9-37-99-91-73-29-23-30-74(91)54-82-50-72-52-84(96(82)104-42-14-6)56-76-32-24-31-75(92(76)100-38-10-2)55-83-51-71(49-81(53-73)95(83)103-41-13-5)65-107-89-61-85-57-77-45-69(35-33-67-25-19-17-20-26-67)46-78(93(77)101-39-11-3)58-86-62-90(108-66-72)64-88(98(86)106-44-16-8)60-80-48-70(36-34-68-27-21-18-22-28-68)47-79(94(80)102-40-12-4)59-87(63-89)97(85)105-43-15-7/h17-36,45-52,61-64H,9-16,37-44,53-60,65-66H2,1-8H3. The van der Waals surface area contributed by atoms with Gasteiger partial charge in [0, 0.05) is 73.6 Å². The Kier molecular flexibility index (Phi) is 26.3. The van der Waals surface area contributed by atoms with Gasteiger partial charge < -0.3 is 47.4 Å². The highest BCUT2D eigenvalue weighted by molar-refractivity contribution is 5.74. The van der Waals surface area contributed by atoms with Crippen LogP contribution in [0.15, 0.2) is 170 Å². The first-order valence-corrected chi connectivity index (χ1v) is 40.0. The summed E-state index contributed by atoms with van der Waals surface area (Å²) in [6.07, 6.45) is 19.6. The molecule has 20 bridgehead atoms. The van der Waals surface area contributed by atoms with Crippen molar-refractivity contribution in [1.82, 2.24) is 0 Å². The average molecular weight is 1450 g/mol. The van der Waals surface area contributed by atoms with Gasteiger partial charge in [-0.2, -0.15) is 0 Å². The van der Waals surface area contributed by atoms with Crippen LogP contribution in [0.3, 0.4) is 0 Å². The van der Waals surface area contributed by atoms with Gasteiger partial charge in [0.05, 0.1) is 52.9 Å². The molecule has 0 radical (unpaired) electrons. The molecule has 10 heteroatoms. The maximum absolute atomic E-state index is 7.51. The van der Waals surface area contributed by atoms with Crippen LogP contribution in [-0.4, -0.2) is 52.9 Å². The molecule has 2 aliphatic heterocycles. The van der Waals surface area contributed by atoms with Crippen molar-refractivity contribution >= 4 is 24.3 Å². The molecule has 10 nitrogen and oxygen atoms in total. The fourth-order valence-electron chi connectivity index (χ4n) is 15.2. The van der Waals surface area contributed by atoms with E-state index in [1.807, 2.05) is 0 Å². The lowest BCUT2D eigenvalue weighted by atomic mass is 9.89. The number of hydrogen-bond acceptors (Lipinski definition) is 10. The van der Waals surface area contributed by atoms with E-state index in [4.69, 9.17) is 47.4 Å². The monoisotopic (exact) mass is 1440 g/mol. The molecule has 0 N–H and O–H groups in total. The van der Waals surface area contributed by atoms with Crippen molar-refractivity contribution in [3.05, 3.63) is 292 Å². The van der Waals surface area contributed by atoms with E-state index in [0.29, 0.717) is 104 Å². The Hall–Kier alpha value is -10.3. The molecule has 0 atom stereocenters. The molecule has 4 aliphatic rings. The Morgan fingerprint density at radius 1 is 0.222 bits per heavy atom. The van der Waals surface area contributed by atoms with Gasteiger partial charge in [0.25, 0.3) is 0 Å². The van der Waals surface area contributed by atoms with Crippen molar-refractivity contribution in [2.75, 3.05) is 52.9 Å². The molecule has 0 amide bonds. The smallest absolute Gasteiger partial charge is 0.126 e. The molecule has 10 aromatic rings. The Morgan fingerprint density at radius 3 is 0.667 bits per heavy atom. The molecule has 560 valence electrons. The number of fused-ring (bicyclic) bond motifs is 2. The Labute approximate surface area is 642 Å². The summed E-state index contributed by atoms with van der Waals surface area (Å²) in [6, 6.07) is 61.9. The lowest BCUT2D eigenvalue weighted by Crippen LogP contribution is -2.12. The number of para-hydroxylation sites is 2. The predicted octanol–water partition coefficient (Wildman–Crippen LogP) is 23.2. The third kappa shape index (κ3) is 18.8. The highest BCUT2D eigenvalue weighted by atomic mass is 16.5. The number of hydrogen-bond donors (Lipinski definition) is 0. The van der Waals surface area contributed by atoms with Gasteiger partial charge in [0.1, 0.15) is 70.7 Å². The molecule has 108 heavy (non-hydrogen) atoms. The topological polar surface area (TPSA) is 92.3 Å². The zero-order valence-corrected chi connectivity index (χ0v) is 64.9. The van der Waals surface area contributed by atoms with Crippen molar-refractivity contribution < 1.29 is 47.4 Å². The van der Waals surface area contributed by atoms with E-state index < -0.39 is 0 Å². The van der Waals surface area contributed by atoms with Gasteiger partial charge >= 0.3 is 0 Å². The van der Waals surface area contributed by atoms with Crippen LogP contribution in [-0.2, 0) is 64.6 Å². The van der Waals surface area contributed by atoms with Crippen LogP contribution in [0.5, 0.6) is 57.5 Å². The summed E-state index contributed by atoms with van der Waals surface area (Å²) < 4.78 is 72.4. The maximum Gasteiger partial charge on any atom is 0.126 e. The Morgan fingerprint density at radius 2 is 0.426 bits per heavy atom. The molecule has 2 heterocycles. The minimum absolute atomic E-state index is 0.257. The van der Waals surface area contributed by atoms with Crippen LogP contribution in [0, 0.1) is 0 Å². The molecule has 0 spiro atoms. The van der Waals surface area contributed by atoms with Gasteiger partial charge in [0.2, 0.25) is 0 Å². The van der Waals surface area contributed by atoms with Crippen LogP contribution in [0.1, 0.15) is 229 Å². The molecule has 10 aromatic carbocycles. The van der Waals surface area contributed by atoms with E-state index in [2.05, 4.69) is 250 Å². The molecule has 0 saturated carbocycles. The van der Waals surface area contributed by atoms with E-state index in [1.165, 1.54) is 0 Å². The molecule has 0 aromatic heterocycles. The number of rotatable bonds is 28. The van der Waals surface area contributed by atoms with Gasteiger partial charge in [-0.25, -0.2) is 0 Å². The van der Waals surface area contributed by atoms with Crippen molar-refractivity contribution in [3.63, 3.8) is 0 Å². The number of benzene rings is 10. The van der Waals surface area contributed by atoms with E-state index in [1.54, 1.807) is 0 Å². The summed E-state index contributed by atoms with van der Waals surface area (Å²) in [5, 5.41) is 0. The second-order valence-electron chi connectivity index (χ2n) is 29.0. The van der Waals surface area contributed by atoms with Crippen molar-refractivity contribution in [2.45, 2.75) is 171 Å². The van der Waals surface area contributed by atoms with E-state index >= 15 is 0 Å². The molecule has 0 fully saturated rings. The molecule has 14 rings (SSSR count). The van der Waals surface area contributed by atoms with Crippen LogP contribution in [0.25, 0.3) is 24.3 Å². The van der Waals surface area contributed by atoms with Gasteiger partial charge in [0.15, 0.2) is 0 Å². The van der Waals surface area contributed by atoms with Gasteiger partial charge in [-0.05, 0) is 224 Å². The first-order chi connectivity index (χ1) is 53.1. The Balaban J connectivity index is 1.14. The van der Waals surface area contributed by atoms with Crippen molar-refractivity contribution in [3.8, 4) is 57.5 Å². The zero-order valence-electron chi connectivity index (χ0n) is 64.9. The van der Waals surface area contributed by atoms with Gasteiger partial charge in [-0.3, -0.25) is 0 Å². The normalized spacial score (nSPS) is 13.1. The van der Waals surface area contributed by atoms with Crippen LogP contribution in [0.4, 0.5) is 0 Å². The summed E-state index contributed by atoms with van der Waals surface area (Å²) in [6.45, 7) is 22.2. The minimum atomic E-state index is 0.257. The SMILES string of the molecule is CCCOc1c2cccc1Cc1cc3cc(c1OCCC)Cc1cccc(c1OCCC)Cc1cc(cc(c1OCCC)C2)COc1cc2c(OCCC)c(c1)Cc1cc(C=Cc4ccccc4)cc(c1OCCC)Cc1cc(cc(c1OCCC)Cc1cc(C=Cc4ccccc4)cc(c1OCCC)C2)OC3. The summed E-state index contributed by atoms with van der Waals surface area (Å²) in [5.74, 6) is 8.34. The highest BCUT2D eigenvalue weighted by Gasteiger charge is 2.29. The zero-order chi connectivity index (χ0) is 74.6. The fourth-order valence-corrected chi connectivity index (χ4v) is 15.2. The molecular formula is C98H108O10. The molecule has 2 aliphatic carbocycles. The van der Waals surface area contributed by atoms with Gasteiger partial charge in [-0.15, -0.1) is 0 Å². The summed E-state index contributed by atoms with van der Waals surface area (Å²) in [7, 11) is 0. The van der Waals surface area contributed by atoms with Crippen molar-refractivity contribution in [2.24, 2.45) is 0 Å². The first-order valence-electron chi connectivity index (χ1n) is 40.0. The third-order valence-electron chi connectivity index (χ3n) is 19.9. The van der Waals surface area contributed by atoms with E-state index in [9.17, 15) is 0 Å². The van der Waals surface area contributed by atoms with Gasteiger partial charge in [-0.1, -0.05) is 177 Å². The first kappa shape index (κ1) is 75.9.